The Hall–Kier alpha value is -1.03. The fraction of sp³-hybridized carbons (Fsp3) is 0.636. The highest BCUT2D eigenvalue weighted by Crippen LogP contribution is 2.40. The van der Waals surface area contributed by atoms with Gasteiger partial charge in [0.15, 0.2) is 0 Å². The molecule has 1 unspecified atom stereocenters. The van der Waals surface area contributed by atoms with Crippen LogP contribution in [0.4, 0.5) is 0 Å². The third-order valence-electron chi connectivity index (χ3n) is 3.41. The van der Waals surface area contributed by atoms with Gasteiger partial charge in [-0.2, -0.15) is 0 Å². The zero-order valence-corrected chi connectivity index (χ0v) is 9.74. The lowest BCUT2D eigenvalue weighted by molar-refractivity contribution is -0.142. The van der Waals surface area contributed by atoms with Crippen LogP contribution in [0.15, 0.2) is 6.20 Å². The number of carbonyl (C=O) groups is 1. The number of aryl methyl sites for hydroxylation is 1. The summed E-state index contributed by atoms with van der Waals surface area (Å²) >= 11 is 0. The number of imidazole rings is 1. The first-order chi connectivity index (χ1) is 7.25. The summed E-state index contributed by atoms with van der Waals surface area (Å²) in [6, 6.07) is 0. The maximum absolute atomic E-state index is 10.9. The molecular weight excluding hydrogens is 228 g/mol. The van der Waals surface area contributed by atoms with E-state index in [-0.39, 0.29) is 18.3 Å². The maximum Gasteiger partial charge on any atom is 0.308 e. The number of halogens is 1. The first-order valence-electron chi connectivity index (χ1n) is 5.53. The van der Waals surface area contributed by atoms with Gasteiger partial charge in [0.05, 0.1) is 5.92 Å². The van der Waals surface area contributed by atoms with Gasteiger partial charge < -0.3 is 9.67 Å². The molecule has 1 saturated carbocycles. The second-order valence-electron chi connectivity index (χ2n) is 4.57. The van der Waals surface area contributed by atoms with Crippen LogP contribution in [0.2, 0.25) is 0 Å². The molecule has 0 amide bonds. The predicted octanol–water partition coefficient (Wildman–Crippen LogP) is 1.83. The Balaban J connectivity index is 0.000000963. The third-order valence-corrected chi connectivity index (χ3v) is 3.41. The van der Waals surface area contributed by atoms with Crippen molar-refractivity contribution in [2.75, 3.05) is 0 Å². The summed E-state index contributed by atoms with van der Waals surface area (Å²) in [7, 11) is 0. The molecule has 16 heavy (non-hydrogen) atoms. The maximum atomic E-state index is 10.9. The lowest BCUT2D eigenvalue weighted by Crippen LogP contribution is -2.27. The van der Waals surface area contributed by atoms with Crippen LogP contribution >= 0.6 is 12.4 Å². The minimum Gasteiger partial charge on any atom is -0.481 e. The molecule has 5 heteroatoms. The highest BCUT2D eigenvalue weighted by molar-refractivity contribution is 5.85. The molecule has 0 aromatic carbocycles. The summed E-state index contributed by atoms with van der Waals surface area (Å²) < 4.78 is 2.14. The number of hydrogen-bond acceptors (Lipinski definition) is 2. The molecule has 1 N–H and O–H groups in total. The lowest BCUT2D eigenvalue weighted by Gasteiger charge is -2.22. The quantitative estimate of drug-likeness (QED) is 0.861. The van der Waals surface area contributed by atoms with E-state index in [4.69, 9.17) is 5.11 Å². The van der Waals surface area contributed by atoms with Crippen molar-refractivity contribution in [3.8, 4) is 0 Å². The van der Waals surface area contributed by atoms with E-state index in [0.29, 0.717) is 12.5 Å². The predicted molar refractivity (Wildman–Crippen MR) is 60.9 cm³/mol. The fourth-order valence-corrected chi connectivity index (χ4v) is 2.34. The van der Waals surface area contributed by atoms with Crippen molar-refractivity contribution >= 4 is 18.4 Å². The van der Waals surface area contributed by atoms with Crippen LogP contribution in [0.5, 0.6) is 0 Å². The molecule has 0 saturated heterocycles. The molecule has 0 radical (unpaired) electrons. The summed E-state index contributed by atoms with van der Waals surface area (Å²) in [6.45, 7) is 0.622. The van der Waals surface area contributed by atoms with Gasteiger partial charge in [-0.1, -0.05) is 0 Å². The van der Waals surface area contributed by atoms with Crippen molar-refractivity contribution in [2.45, 2.75) is 38.1 Å². The summed E-state index contributed by atoms with van der Waals surface area (Å²) in [5, 5.41) is 9.01. The molecule has 0 bridgehead atoms. The van der Waals surface area contributed by atoms with Crippen LogP contribution in [0, 0.1) is 5.92 Å². The topological polar surface area (TPSA) is 55.1 Å². The largest absolute Gasteiger partial charge is 0.481 e. The molecule has 1 aromatic heterocycles. The Morgan fingerprint density at radius 1 is 1.44 bits per heavy atom. The third kappa shape index (κ3) is 1.82. The highest BCUT2D eigenvalue weighted by atomic mass is 35.5. The molecule has 1 aliphatic heterocycles. The van der Waals surface area contributed by atoms with Crippen LogP contribution in [0.25, 0.3) is 0 Å². The van der Waals surface area contributed by atoms with Crippen LogP contribution in [-0.4, -0.2) is 20.6 Å². The highest BCUT2D eigenvalue weighted by Gasteiger charge is 2.32. The van der Waals surface area contributed by atoms with E-state index in [2.05, 4.69) is 9.55 Å². The second-order valence-corrected chi connectivity index (χ2v) is 4.57. The summed E-state index contributed by atoms with van der Waals surface area (Å²) in [6.07, 6.45) is 5.97. The van der Waals surface area contributed by atoms with E-state index in [9.17, 15) is 4.79 Å². The first kappa shape index (κ1) is 11.5. The van der Waals surface area contributed by atoms with Gasteiger partial charge in [0.1, 0.15) is 5.82 Å². The number of nitrogens with zero attached hydrogens (tertiary/aromatic N) is 2. The van der Waals surface area contributed by atoms with Crippen LogP contribution < -0.4 is 0 Å². The van der Waals surface area contributed by atoms with E-state index in [1.54, 1.807) is 0 Å². The summed E-state index contributed by atoms with van der Waals surface area (Å²) in [5.74, 6) is 0.836. The number of carboxylic acids is 1. The summed E-state index contributed by atoms with van der Waals surface area (Å²) in [5.41, 5.74) is 1.22. The monoisotopic (exact) mass is 242 g/mol. The Bertz CT molecular complexity index is 412. The number of hydrogen-bond donors (Lipinski definition) is 1. The fourth-order valence-electron chi connectivity index (χ4n) is 2.34. The molecule has 2 heterocycles. The first-order valence-corrected chi connectivity index (χ1v) is 5.53. The van der Waals surface area contributed by atoms with E-state index in [1.165, 1.54) is 18.5 Å². The van der Waals surface area contributed by atoms with Crippen LogP contribution in [-0.2, 0) is 17.8 Å². The average Bonchev–Trinajstić information content (AvgIpc) is 2.98. The number of rotatable bonds is 2. The van der Waals surface area contributed by atoms with Gasteiger partial charge in [-0.15, -0.1) is 12.4 Å². The molecule has 0 spiro atoms. The molecule has 88 valence electrons. The van der Waals surface area contributed by atoms with Crippen LogP contribution in [0.3, 0.4) is 0 Å². The van der Waals surface area contributed by atoms with E-state index < -0.39 is 5.97 Å². The standard InChI is InChI=1S/C11H14N2O2.ClH/c14-11(15)8-3-4-9-5-12-10(7-1-2-7)13(9)6-8;/h5,7-8H,1-4,6H2,(H,14,15);1H. The molecule has 1 aromatic rings. The average molecular weight is 243 g/mol. The number of fused-ring (bicyclic) bond motifs is 1. The number of aromatic nitrogens is 2. The van der Waals surface area contributed by atoms with Crippen molar-refractivity contribution in [3.05, 3.63) is 17.7 Å². The minimum absolute atomic E-state index is 0. The SMILES string of the molecule is Cl.O=C(O)C1CCc2cnc(C3CC3)n2C1. The molecular formula is C11H15ClN2O2. The zero-order valence-electron chi connectivity index (χ0n) is 8.93. The Kier molecular flexibility index (Phi) is 2.93. The molecule has 3 rings (SSSR count). The Morgan fingerprint density at radius 2 is 2.19 bits per heavy atom. The van der Waals surface area contributed by atoms with E-state index >= 15 is 0 Å². The molecule has 1 aliphatic carbocycles. The van der Waals surface area contributed by atoms with Crippen molar-refractivity contribution in [1.29, 1.82) is 0 Å². The van der Waals surface area contributed by atoms with Gasteiger partial charge in [-0.25, -0.2) is 4.98 Å². The van der Waals surface area contributed by atoms with Crippen molar-refractivity contribution in [1.82, 2.24) is 9.55 Å². The zero-order chi connectivity index (χ0) is 10.4. The van der Waals surface area contributed by atoms with Gasteiger partial charge in [0.25, 0.3) is 0 Å². The van der Waals surface area contributed by atoms with Gasteiger partial charge in [-0.3, -0.25) is 4.79 Å². The van der Waals surface area contributed by atoms with Gasteiger partial charge in [-0.05, 0) is 25.7 Å². The molecule has 4 nitrogen and oxygen atoms in total. The molecule has 1 atom stereocenters. The number of carboxylic acid groups (broad SMARTS) is 1. The second kappa shape index (κ2) is 4.09. The molecule has 2 aliphatic rings. The van der Waals surface area contributed by atoms with E-state index in [1.807, 2.05) is 6.20 Å². The number of aliphatic carboxylic acids is 1. The Labute approximate surface area is 100 Å². The lowest BCUT2D eigenvalue weighted by atomic mass is 9.98. The Morgan fingerprint density at radius 3 is 2.81 bits per heavy atom. The van der Waals surface area contributed by atoms with Gasteiger partial charge >= 0.3 is 5.97 Å². The van der Waals surface area contributed by atoms with Gasteiger partial charge in [0.2, 0.25) is 0 Å². The van der Waals surface area contributed by atoms with Crippen LogP contribution in [0.1, 0.15) is 36.7 Å². The summed E-state index contributed by atoms with van der Waals surface area (Å²) in [4.78, 5) is 15.4. The van der Waals surface area contributed by atoms with Crippen molar-refractivity contribution in [2.24, 2.45) is 5.92 Å². The van der Waals surface area contributed by atoms with Gasteiger partial charge in [0, 0.05) is 24.4 Å². The smallest absolute Gasteiger partial charge is 0.308 e. The van der Waals surface area contributed by atoms with Crippen molar-refractivity contribution < 1.29 is 9.90 Å². The minimum atomic E-state index is -0.670. The van der Waals surface area contributed by atoms with Crippen molar-refractivity contribution in [3.63, 3.8) is 0 Å². The van der Waals surface area contributed by atoms with E-state index in [0.717, 1.165) is 18.7 Å². The molecule has 1 fully saturated rings. The normalized spacial score (nSPS) is 23.4.